The Morgan fingerprint density at radius 1 is 1.47 bits per heavy atom. The van der Waals surface area contributed by atoms with Crippen molar-refractivity contribution in [3.05, 3.63) is 34.6 Å². The fourth-order valence-electron chi connectivity index (χ4n) is 1.52. The summed E-state index contributed by atoms with van der Waals surface area (Å²) in [6.45, 7) is 3.60. The zero-order valence-electron chi connectivity index (χ0n) is 8.50. The van der Waals surface area contributed by atoms with Gasteiger partial charge in [0.1, 0.15) is 5.82 Å². The molecular weight excluding hydrogens is 219 g/mol. The monoisotopic (exact) mass is 230 g/mol. The van der Waals surface area contributed by atoms with Gasteiger partial charge in [-0.25, -0.2) is 4.39 Å². The molecule has 0 amide bonds. The largest absolute Gasteiger partial charge is 0.481 e. The molecule has 0 spiro atoms. The van der Waals surface area contributed by atoms with Crippen molar-refractivity contribution in [3.8, 4) is 0 Å². The number of carboxylic acid groups (broad SMARTS) is 1. The van der Waals surface area contributed by atoms with Gasteiger partial charge in [-0.3, -0.25) is 4.79 Å². The molecule has 2 nitrogen and oxygen atoms in total. The Bertz CT molecular complexity index is 377. The van der Waals surface area contributed by atoms with Gasteiger partial charge in [-0.1, -0.05) is 31.5 Å². The minimum absolute atomic E-state index is 0.0422. The highest BCUT2D eigenvalue weighted by atomic mass is 35.5. The van der Waals surface area contributed by atoms with E-state index in [-0.39, 0.29) is 10.9 Å². The van der Waals surface area contributed by atoms with Gasteiger partial charge in [0, 0.05) is 0 Å². The quantitative estimate of drug-likeness (QED) is 0.865. The van der Waals surface area contributed by atoms with Gasteiger partial charge in [0.05, 0.1) is 10.9 Å². The third kappa shape index (κ3) is 2.69. The Hall–Kier alpha value is -1.09. The van der Waals surface area contributed by atoms with Crippen molar-refractivity contribution in [1.82, 2.24) is 0 Å². The summed E-state index contributed by atoms with van der Waals surface area (Å²) >= 11 is 5.60. The van der Waals surface area contributed by atoms with E-state index in [0.29, 0.717) is 5.56 Å². The average Bonchev–Trinajstić information content (AvgIpc) is 2.10. The van der Waals surface area contributed by atoms with E-state index in [1.54, 1.807) is 13.8 Å². The molecule has 1 atom stereocenters. The van der Waals surface area contributed by atoms with Crippen LogP contribution >= 0.6 is 11.6 Å². The van der Waals surface area contributed by atoms with Crippen LogP contribution in [0.15, 0.2) is 18.2 Å². The van der Waals surface area contributed by atoms with E-state index < -0.39 is 17.7 Å². The minimum atomic E-state index is -0.923. The van der Waals surface area contributed by atoms with E-state index in [0.717, 1.165) is 0 Å². The molecule has 0 radical (unpaired) electrons. The summed E-state index contributed by atoms with van der Waals surface area (Å²) < 4.78 is 12.9. The lowest BCUT2D eigenvalue weighted by Crippen LogP contribution is -2.17. The second kappa shape index (κ2) is 4.62. The molecule has 4 heteroatoms. The number of carboxylic acids is 1. The van der Waals surface area contributed by atoms with Crippen LogP contribution in [0.3, 0.4) is 0 Å². The first-order chi connectivity index (χ1) is 6.93. The molecule has 0 fully saturated rings. The highest BCUT2D eigenvalue weighted by Crippen LogP contribution is 2.27. The van der Waals surface area contributed by atoms with E-state index in [1.807, 2.05) is 0 Å². The SMILES string of the molecule is CC(C)C(C(=O)O)c1ccc(F)c(Cl)c1. The minimum Gasteiger partial charge on any atom is -0.481 e. The Balaban J connectivity index is 3.12. The smallest absolute Gasteiger partial charge is 0.311 e. The van der Waals surface area contributed by atoms with Crippen molar-refractivity contribution in [2.45, 2.75) is 19.8 Å². The maximum Gasteiger partial charge on any atom is 0.311 e. The Morgan fingerprint density at radius 2 is 2.07 bits per heavy atom. The number of benzene rings is 1. The molecule has 0 heterocycles. The predicted octanol–water partition coefficient (Wildman–Crippen LogP) is 3.30. The van der Waals surface area contributed by atoms with Crippen LogP contribution in [0.1, 0.15) is 25.3 Å². The molecule has 0 aliphatic carbocycles. The van der Waals surface area contributed by atoms with Crippen LogP contribution in [-0.4, -0.2) is 11.1 Å². The molecule has 1 N–H and O–H groups in total. The van der Waals surface area contributed by atoms with Gasteiger partial charge in [0.25, 0.3) is 0 Å². The molecule has 1 aromatic carbocycles. The number of rotatable bonds is 3. The first-order valence-corrected chi connectivity index (χ1v) is 4.99. The molecule has 1 rings (SSSR count). The van der Waals surface area contributed by atoms with E-state index in [9.17, 15) is 9.18 Å². The predicted molar refractivity (Wildman–Crippen MR) is 56.6 cm³/mol. The number of carbonyl (C=O) groups is 1. The van der Waals surface area contributed by atoms with Crippen molar-refractivity contribution in [2.75, 3.05) is 0 Å². The highest BCUT2D eigenvalue weighted by Gasteiger charge is 2.24. The molecule has 0 saturated heterocycles. The lowest BCUT2D eigenvalue weighted by molar-refractivity contribution is -0.139. The second-order valence-electron chi connectivity index (χ2n) is 3.73. The summed E-state index contributed by atoms with van der Waals surface area (Å²) in [5, 5.41) is 8.98. The van der Waals surface area contributed by atoms with Crippen LogP contribution in [-0.2, 0) is 4.79 Å². The number of aliphatic carboxylic acids is 1. The molecule has 0 aliphatic heterocycles. The summed E-state index contributed by atoms with van der Waals surface area (Å²) in [6, 6.07) is 4.02. The van der Waals surface area contributed by atoms with E-state index in [2.05, 4.69) is 0 Å². The zero-order chi connectivity index (χ0) is 11.6. The van der Waals surface area contributed by atoms with Gasteiger partial charge in [-0.05, 0) is 23.6 Å². The van der Waals surface area contributed by atoms with Gasteiger partial charge in [0.15, 0.2) is 0 Å². The summed E-state index contributed by atoms with van der Waals surface area (Å²) in [6.07, 6.45) is 0. The average molecular weight is 231 g/mol. The Morgan fingerprint density at radius 3 is 2.47 bits per heavy atom. The molecule has 82 valence electrons. The van der Waals surface area contributed by atoms with Crippen molar-refractivity contribution in [1.29, 1.82) is 0 Å². The third-order valence-electron chi connectivity index (χ3n) is 2.24. The van der Waals surface area contributed by atoms with Crippen LogP contribution in [0.25, 0.3) is 0 Å². The summed E-state index contributed by atoms with van der Waals surface area (Å²) in [4.78, 5) is 11.0. The second-order valence-corrected chi connectivity index (χ2v) is 4.14. The van der Waals surface area contributed by atoms with Crippen molar-refractivity contribution < 1.29 is 14.3 Å². The van der Waals surface area contributed by atoms with Crippen LogP contribution < -0.4 is 0 Å². The molecule has 0 saturated carbocycles. The topological polar surface area (TPSA) is 37.3 Å². The number of hydrogen-bond donors (Lipinski definition) is 1. The van der Waals surface area contributed by atoms with Crippen molar-refractivity contribution in [2.24, 2.45) is 5.92 Å². The molecular formula is C11H12ClFO2. The van der Waals surface area contributed by atoms with Gasteiger partial charge >= 0.3 is 5.97 Å². The fraction of sp³-hybridized carbons (Fsp3) is 0.364. The lowest BCUT2D eigenvalue weighted by atomic mass is 9.89. The van der Waals surface area contributed by atoms with Crippen molar-refractivity contribution in [3.63, 3.8) is 0 Å². The van der Waals surface area contributed by atoms with Crippen LogP contribution in [0, 0.1) is 11.7 Å². The summed E-state index contributed by atoms with van der Waals surface area (Å²) in [5.41, 5.74) is 0.531. The molecule has 1 aromatic rings. The molecule has 1 unspecified atom stereocenters. The van der Waals surface area contributed by atoms with Gasteiger partial charge in [-0.2, -0.15) is 0 Å². The molecule has 0 bridgehead atoms. The summed E-state index contributed by atoms with van der Waals surface area (Å²) in [5.74, 6) is -2.17. The maximum absolute atomic E-state index is 12.9. The van der Waals surface area contributed by atoms with Gasteiger partial charge < -0.3 is 5.11 Å². The van der Waals surface area contributed by atoms with Crippen LogP contribution in [0.2, 0.25) is 5.02 Å². The Kier molecular flexibility index (Phi) is 3.69. The number of halogens is 2. The normalized spacial score (nSPS) is 12.9. The standard InChI is InChI=1S/C11H12ClFO2/c1-6(2)10(11(14)15)7-3-4-9(13)8(12)5-7/h3-6,10H,1-2H3,(H,14,15). The van der Waals surface area contributed by atoms with Crippen molar-refractivity contribution >= 4 is 17.6 Å². The first-order valence-electron chi connectivity index (χ1n) is 4.61. The highest BCUT2D eigenvalue weighted by molar-refractivity contribution is 6.30. The van der Waals surface area contributed by atoms with E-state index in [1.165, 1.54) is 18.2 Å². The molecule has 0 aromatic heterocycles. The van der Waals surface area contributed by atoms with E-state index >= 15 is 0 Å². The maximum atomic E-state index is 12.9. The fourth-order valence-corrected chi connectivity index (χ4v) is 1.71. The lowest BCUT2D eigenvalue weighted by Gasteiger charge is -2.16. The molecule has 15 heavy (non-hydrogen) atoms. The first kappa shape index (κ1) is 12.0. The zero-order valence-corrected chi connectivity index (χ0v) is 9.25. The Labute approximate surface area is 92.7 Å². The van der Waals surface area contributed by atoms with Gasteiger partial charge in [0.2, 0.25) is 0 Å². The van der Waals surface area contributed by atoms with Crippen LogP contribution in [0.4, 0.5) is 4.39 Å². The summed E-state index contributed by atoms with van der Waals surface area (Å²) in [7, 11) is 0. The van der Waals surface area contributed by atoms with Gasteiger partial charge in [-0.15, -0.1) is 0 Å². The van der Waals surface area contributed by atoms with E-state index in [4.69, 9.17) is 16.7 Å². The third-order valence-corrected chi connectivity index (χ3v) is 2.53. The molecule has 0 aliphatic rings. The number of hydrogen-bond acceptors (Lipinski definition) is 1. The van der Waals surface area contributed by atoms with Crippen LogP contribution in [0.5, 0.6) is 0 Å².